The molecule has 1 aliphatic carbocycles. The zero-order valence-corrected chi connectivity index (χ0v) is 12.7. The highest BCUT2D eigenvalue weighted by Crippen LogP contribution is 2.25. The maximum absolute atomic E-state index is 5.89. The minimum Gasteiger partial charge on any atom is -0.491 e. The molecular weight excluding hydrogens is 250 g/mol. The van der Waals surface area contributed by atoms with E-state index in [2.05, 4.69) is 24.4 Å². The number of hydrogen-bond acceptors (Lipinski definition) is 3. The molecule has 0 saturated heterocycles. The normalized spacial score (nSPS) is 22.7. The van der Waals surface area contributed by atoms with E-state index < -0.39 is 0 Å². The minimum atomic E-state index is 0.449. The van der Waals surface area contributed by atoms with Gasteiger partial charge in [-0.15, -0.1) is 0 Å². The number of nitrogens with one attached hydrogen (secondary N) is 1. The van der Waals surface area contributed by atoms with Crippen molar-refractivity contribution in [3.8, 4) is 5.75 Å². The molecule has 0 aromatic heterocycles. The second-order valence-corrected chi connectivity index (χ2v) is 5.78. The summed E-state index contributed by atoms with van der Waals surface area (Å²) < 4.78 is 11.6. The Morgan fingerprint density at radius 1 is 1.15 bits per heavy atom. The Bertz CT molecular complexity index is 386. The average Bonchev–Trinajstić information content (AvgIpc) is 2.46. The summed E-state index contributed by atoms with van der Waals surface area (Å²) >= 11 is 0. The van der Waals surface area contributed by atoms with Crippen LogP contribution >= 0.6 is 0 Å². The van der Waals surface area contributed by atoms with Crippen molar-refractivity contribution in [1.29, 1.82) is 0 Å². The monoisotopic (exact) mass is 277 g/mol. The fourth-order valence-corrected chi connectivity index (χ4v) is 2.72. The van der Waals surface area contributed by atoms with Gasteiger partial charge in [0.1, 0.15) is 12.4 Å². The molecule has 3 heteroatoms. The topological polar surface area (TPSA) is 30.5 Å². The first-order valence-corrected chi connectivity index (χ1v) is 7.76. The van der Waals surface area contributed by atoms with Gasteiger partial charge in [0.25, 0.3) is 0 Å². The number of benzene rings is 1. The van der Waals surface area contributed by atoms with Crippen LogP contribution in [0.25, 0.3) is 0 Å². The van der Waals surface area contributed by atoms with Gasteiger partial charge in [-0.2, -0.15) is 0 Å². The van der Waals surface area contributed by atoms with E-state index >= 15 is 0 Å². The van der Waals surface area contributed by atoms with Crippen molar-refractivity contribution in [2.45, 2.75) is 45.3 Å². The lowest BCUT2D eigenvalue weighted by Crippen LogP contribution is -2.22. The Hall–Kier alpha value is -1.06. The molecular formula is C17H27NO2. The zero-order valence-electron chi connectivity index (χ0n) is 12.7. The maximum atomic E-state index is 5.89. The van der Waals surface area contributed by atoms with Crippen LogP contribution in [0, 0.1) is 5.92 Å². The maximum Gasteiger partial charge on any atom is 0.119 e. The quantitative estimate of drug-likeness (QED) is 0.775. The van der Waals surface area contributed by atoms with Crippen molar-refractivity contribution in [1.82, 2.24) is 5.32 Å². The van der Waals surface area contributed by atoms with E-state index in [4.69, 9.17) is 9.47 Å². The lowest BCUT2D eigenvalue weighted by molar-refractivity contribution is 0.00570. The lowest BCUT2D eigenvalue weighted by atomic mass is 9.89. The molecule has 1 N–H and O–H groups in total. The molecule has 20 heavy (non-hydrogen) atoms. The van der Waals surface area contributed by atoms with Gasteiger partial charge in [-0.1, -0.05) is 19.1 Å². The van der Waals surface area contributed by atoms with Crippen LogP contribution in [0.4, 0.5) is 0 Å². The molecule has 0 unspecified atom stereocenters. The van der Waals surface area contributed by atoms with Crippen LogP contribution in [0.3, 0.4) is 0 Å². The summed E-state index contributed by atoms with van der Waals surface area (Å²) in [7, 11) is 1.95. The molecule has 0 amide bonds. The first-order chi connectivity index (χ1) is 9.78. The fourth-order valence-electron chi connectivity index (χ4n) is 2.72. The Labute approximate surface area is 122 Å². The number of hydrogen-bond donors (Lipinski definition) is 1. The predicted molar refractivity (Wildman–Crippen MR) is 82.1 cm³/mol. The molecule has 0 radical (unpaired) electrons. The van der Waals surface area contributed by atoms with E-state index in [0.717, 1.165) is 18.2 Å². The smallest absolute Gasteiger partial charge is 0.119 e. The Morgan fingerprint density at radius 3 is 2.70 bits per heavy atom. The lowest BCUT2D eigenvalue weighted by Gasteiger charge is -2.26. The molecule has 1 saturated carbocycles. The van der Waals surface area contributed by atoms with E-state index in [9.17, 15) is 0 Å². The first-order valence-electron chi connectivity index (χ1n) is 7.76. The highest BCUT2D eigenvalue weighted by molar-refractivity contribution is 5.28. The van der Waals surface area contributed by atoms with Crippen molar-refractivity contribution in [3.63, 3.8) is 0 Å². The van der Waals surface area contributed by atoms with Crippen LogP contribution in [0.1, 0.15) is 38.2 Å². The fraction of sp³-hybridized carbons (Fsp3) is 0.647. The van der Waals surface area contributed by atoms with Crippen molar-refractivity contribution in [2.24, 2.45) is 5.92 Å². The van der Waals surface area contributed by atoms with Crippen molar-refractivity contribution < 1.29 is 9.47 Å². The molecule has 0 heterocycles. The first kappa shape index (κ1) is 15.3. The summed E-state index contributed by atoms with van der Waals surface area (Å²) in [5, 5.41) is 3.14. The third-order valence-electron chi connectivity index (χ3n) is 3.95. The molecule has 1 aromatic rings. The predicted octanol–water partition coefficient (Wildman–Crippen LogP) is 3.38. The molecule has 3 nitrogen and oxygen atoms in total. The molecule has 112 valence electrons. The molecule has 1 aromatic carbocycles. The van der Waals surface area contributed by atoms with Crippen molar-refractivity contribution in [3.05, 3.63) is 29.8 Å². The third-order valence-corrected chi connectivity index (χ3v) is 3.95. The van der Waals surface area contributed by atoms with E-state index in [1.807, 2.05) is 19.2 Å². The van der Waals surface area contributed by atoms with Gasteiger partial charge in [0.05, 0.1) is 12.7 Å². The van der Waals surface area contributed by atoms with Gasteiger partial charge >= 0.3 is 0 Å². The van der Waals surface area contributed by atoms with Gasteiger partial charge in [-0.05, 0) is 56.3 Å². The molecule has 0 bridgehead atoms. The Morgan fingerprint density at radius 2 is 1.95 bits per heavy atom. The summed E-state index contributed by atoms with van der Waals surface area (Å²) in [4.78, 5) is 0. The SMILES string of the molecule is CNCc1cccc(OCCOC2CCC(C)CC2)c1. The van der Waals surface area contributed by atoms with Crippen LogP contribution in [0.15, 0.2) is 24.3 Å². The summed E-state index contributed by atoms with van der Waals surface area (Å²) in [6.45, 7) is 4.52. The zero-order chi connectivity index (χ0) is 14.2. The van der Waals surface area contributed by atoms with Gasteiger partial charge in [0.15, 0.2) is 0 Å². The minimum absolute atomic E-state index is 0.449. The van der Waals surface area contributed by atoms with Crippen LogP contribution < -0.4 is 10.1 Å². The highest BCUT2D eigenvalue weighted by Gasteiger charge is 2.18. The van der Waals surface area contributed by atoms with E-state index in [-0.39, 0.29) is 0 Å². The van der Waals surface area contributed by atoms with Crippen LogP contribution in [-0.4, -0.2) is 26.4 Å². The molecule has 1 aliphatic rings. The standard InChI is InChI=1S/C17H27NO2/c1-14-6-8-16(9-7-14)19-10-11-20-17-5-3-4-15(12-17)13-18-2/h3-5,12,14,16,18H,6-11,13H2,1-2H3. The van der Waals surface area contributed by atoms with Gasteiger partial charge in [-0.25, -0.2) is 0 Å². The molecule has 0 aliphatic heterocycles. The van der Waals surface area contributed by atoms with Gasteiger partial charge in [0.2, 0.25) is 0 Å². The summed E-state index contributed by atoms with van der Waals surface area (Å²) in [6, 6.07) is 8.22. The highest BCUT2D eigenvalue weighted by atomic mass is 16.5. The van der Waals surface area contributed by atoms with Crippen molar-refractivity contribution in [2.75, 3.05) is 20.3 Å². The van der Waals surface area contributed by atoms with Gasteiger partial charge in [0, 0.05) is 6.54 Å². The van der Waals surface area contributed by atoms with Gasteiger partial charge < -0.3 is 14.8 Å². The second-order valence-electron chi connectivity index (χ2n) is 5.78. The van der Waals surface area contributed by atoms with Crippen LogP contribution in [-0.2, 0) is 11.3 Å². The Kier molecular flexibility index (Phi) is 6.34. The summed E-state index contributed by atoms with van der Waals surface area (Å²) in [5.74, 6) is 1.81. The second kappa shape index (κ2) is 8.28. The number of ether oxygens (including phenoxy) is 2. The van der Waals surface area contributed by atoms with Gasteiger partial charge in [-0.3, -0.25) is 0 Å². The largest absolute Gasteiger partial charge is 0.491 e. The summed E-state index contributed by atoms with van der Waals surface area (Å²) in [6.07, 6.45) is 5.47. The van der Waals surface area contributed by atoms with E-state index in [0.29, 0.717) is 19.3 Å². The Balaban J connectivity index is 1.64. The molecule has 0 atom stereocenters. The van der Waals surface area contributed by atoms with E-state index in [1.54, 1.807) is 0 Å². The molecule has 2 rings (SSSR count). The van der Waals surface area contributed by atoms with Crippen LogP contribution in [0.2, 0.25) is 0 Å². The van der Waals surface area contributed by atoms with E-state index in [1.165, 1.54) is 31.2 Å². The van der Waals surface area contributed by atoms with Crippen LogP contribution in [0.5, 0.6) is 5.75 Å². The number of rotatable bonds is 7. The molecule has 1 fully saturated rings. The molecule has 0 spiro atoms. The van der Waals surface area contributed by atoms with Crippen molar-refractivity contribution >= 4 is 0 Å². The third kappa shape index (κ3) is 5.14. The average molecular weight is 277 g/mol. The summed E-state index contributed by atoms with van der Waals surface area (Å²) in [5.41, 5.74) is 1.24.